The lowest BCUT2D eigenvalue weighted by molar-refractivity contribution is 0.138. The van der Waals surface area contributed by atoms with Crippen molar-refractivity contribution in [1.82, 2.24) is 5.32 Å². The van der Waals surface area contributed by atoms with Crippen LogP contribution < -0.4 is 10.1 Å². The van der Waals surface area contributed by atoms with Crippen molar-refractivity contribution < 1.29 is 13.9 Å². The third kappa shape index (κ3) is 2.54. The second-order valence-electron chi connectivity index (χ2n) is 6.19. The average molecular weight is 289 g/mol. The molecule has 21 heavy (non-hydrogen) atoms. The summed E-state index contributed by atoms with van der Waals surface area (Å²) in [7, 11) is 1.71. The molecular weight excluding hydrogens is 266 g/mol. The Labute approximate surface area is 125 Å². The molecule has 1 aliphatic heterocycles. The highest BCUT2D eigenvalue weighted by molar-refractivity contribution is 5.89. The second kappa shape index (κ2) is 5.35. The smallest absolute Gasteiger partial charge is 0.176 e. The summed E-state index contributed by atoms with van der Waals surface area (Å²) >= 11 is 0. The molecule has 0 saturated heterocycles. The highest BCUT2D eigenvalue weighted by atomic mass is 16.5. The maximum atomic E-state index is 6.12. The Kier molecular flexibility index (Phi) is 3.68. The lowest BCUT2D eigenvalue weighted by Gasteiger charge is -2.16. The molecular formula is C17H23NO3. The van der Waals surface area contributed by atoms with E-state index < -0.39 is 0 Å². The van der Waals surface area contributed by atoms with E-state index >= 15 is 0 Å². The molecule has 4 nitrogen and oxygen atoms in total. The van der Waals surface area contributed by atoms with Gasteiger partial charge in [-0.05, 0) is 20.4 Å². The first-order valence-electron chi connectivity index (χ1n) is 7.50. The zero-order chi connectivity index (χ0) is 15.0. The SMILES string of the molecule is CCNCc1oc2c3c(ccc2c1COC)CC(C)(C)O3. The Morgan fingerprint density at radius 3 is 2.86 bits per heavy atom. The van der Waals surface area contributed by atoms with E-state index in [-0.39, 0.29) is 5.60 Å². The van der Waals surface area contributed by atoms with Crippen LogP contribution in [0.25, 0.3) is 11.0 Å². The van der Waals surface area contributed by atoms with Gasteiger partial charge in [-0.1, -0.05) is 19.1 Å². The zero-order valence-electron chi connectivity index (χ0n) is 13.2. The van der Waals surface area contributed by atoms with Gasteiger partial charge in [0, 0.05) is 30.0 Å². The molecule has 1 aliphatic rings. The van der Waals surface area contributed by atoms with Crippen molar-refractivity contribution in [2.45, 2.75) is 45.9 Å². The van der Waals surface area contributed by atoms with Crippen molar-refractivity contribution in [3.05, 3.63) is 29.0 Å². The van der Waals surface area contributed by atoms with Crippen molar-refractivity contribution in [1.29, 1.82) is 0 Å². The molecule has 1 N–H and O–H groups in total. The third-order valence-corrected chi connectivity index (χ3v) is 3.90. The summed E-state index contributed by atoms with van der Waals surface area (Å²) in [5.41, 5.74) is 3.04. The van der Waals surface area contributed by atoms with Gasteiger partial charge in [-0.25, -0.2) is 0 Å². The van der Waals surface area contributed by atoms with E-state index in [1.807, 2.05) is 0 Å². The van der Waals surface area contributed by atoms with E-state index in [2.05, 4.69) is 38.2 Å². The molecule has 2 aromatic rings. The molecule has 114 valence electrons. The normalized spacial score (nSPS) is 16.2. The number of fused-ring (bicyclic) bond motifs is 3. The lowest BCUT2D eigenvalue weighted by Crippen LogP contribution is -2.24. The zero-order valence-corrected chi connectivity index (χ0v) is 13.2. The maximum Gasteiger partial charge on any atom is 0.176 e. The Morgan fingerprint density at radius 2 is 2.14 bits per heavy atom. The third-order valence-electron chi connectivity index (χ3n) is 3.90. The molecule has 0 spiro atoms. The van der Waals surface area contributed by atoms with Crippen molar-refractivity contribution in [3.63, 3.8) is 0 Å². The Balaban J connectivity index is 2.11. The minimum Gasteiger partial charge on any atom is -0.483 e. The number of furan rings is 1. The van der Waals surface area contributed by atoms with E-state index in [0.717, 1.165) is 41.0 Å². The van der Waals surface area contributed by atoms with Crippen LogP contribution in [0.3, 0.4) is 0 Å². The van der Waals surface area contributed by atoms with E-state index in [1.54, 1.807) is 7.11 Å². The maximum absolute atomic E-state index is 6.12. The quantitative estimate of drug-likeness (QED) is 0.916. The number of hydrogen-bond donors (Lipinski definition) is 1. The van der Waals surface area contributed by atoms with Crippen LogP contribution in [0.2, 0.25) is 0 Å². The predicted molar refractivity (Wildman–Crippen MR) is 82.7 cm³/mol. The van der Waals surface area contributed by atoms with Crippen LogP contribution in [0.4, 0.5) is 0 Å². The van der Waals surface area contributed by atoms with Gasteiger partial charge in [0.1, 0.15) is 11.4 Å². The van der Waals surface area contributed by atoms with Crippen LogP contribution in [0.1, 0.15) is 37.7 Å². The first kappa shape index (κ1) is 14.4. The van der Waals surface area contributed by atoms with Crippen LogP contribution in [0.15, 0.2) is 16.5 Å². The van der Waals surface area contributed by atoms with Gasteiger partial charge >= 0.3 is 0 Å². The molecule has 0 fully saturated rings. The molecule has 0 atom stereocenters. The molecule has 2 heterocycles. The number of methoxy groups -OCH3 is 1. The van der Waals surface area contributed by atoms with Crippen molar-refractivity contribution in [3.8, 4) is 5.75 Å². The molecule has 4 heteroatoms. The number of ether oxygens (including phenoxy) is 2. The minimum atomic E-state index is -0.160. The average Bonchev–Trinajstić information content (AvgIpc) is 2.93. The van der Waals surface area contributed by atoms with Crippen LogP contribution in [0, 0.1) is 0 Å². The fraction of sp³-hybridized carbons (Fsp3) is 0.529. The Hall–Kier alpha value is -1.52. The van der Waals surface area contributed by atoms with E-state index in [9.17, 15) is 0 Å². The molecule has 0 unspecified atom stereocenters. The largest absolute Gasteiger partial charge is 0.483 e. The van der Waals surface area contributed by atoms with Gasteiger partial charge in [-0.15, -0.1) is 0 Å². The summed E-state index contributed by atoms with van der Waals surface area (Å²) in [5, 5.41) is 4.42. The van der Waals surface area contributed by atoms with Gasteiger partial charge in [-0.2, -0.15) is 0 Å². The summed E-state index contributed by atoms with van der Waals surface area (Å²) in [4.78, 5) is 0. The number of hydrogen-bond acceptors (Lipinski definition) is 4. The molecule has 1 aromatic heterocycles. The molecule has 0 saturated carbocycles. The summed E-state index contributed by atoms with van der Waals surface area (Å²) < 4.78 is 17.6. The van der Waals surface area contributed by atoms with Gasteiger partial charge in [0.05, 0.1) is 13.2 Å². The predicted octanol–water partition coefficient (Wildman–Crippen LogP) is 3.40. The minimum absolute atomic E-state index is 0.160. The van der Waals surface area contributed by atoms with E-state index in [0.29, 0.717) is 13.2 Å². The van der Waals surface area contributed by atoms with Crippen LogP contribution in [-0.4, -0.2) is 19.3 Å². The molecule has 0 amide bonds. The number of nitrogens with one attached hydrogen (secondary N) is 1. The van der Waals surface area contributed by atoms with Crippen LogP contribution in [-0.2, 0) is 24.3 Å². The van der Waals surface area contributed by atoms with Gasteiger partial charge in [0.2, 0.25) is 0 Å². The molecule has 1 aromatic carbocycles. The van der Waals surface area contributed by atoms with Gasteiger partial charge in [0.25, 0.3) is 0 Å². The summed E-state index contributed by atoms with van der Waals surface area (Å²) in [6.07, 6.45) is 0.918. The van der Waals surface area contributed by atoms with E-state index in [1.165, 1.54) is 5.56 Å². The topological polar surface area (TPSA) is 43.6 Å². The Morgan fingerprint density at radius 1 is 1.33 bits per heavy atom. The van der Waals surface area contributed by atoms with Crippen LogP contribution in [0.5, 0.6) is 5.75 Å². The molecule has 3 rings (SSSR count). The lowest BCUT2D eigenvalue weighted by atomic mass is 10.0. The molecule has 0 bridgehead atoms. The van der Waals surface area contributed by atoms with E-state index in [4.69, 9.17) is 13.9 Å². The second-order valence-corrected chi connectivity index (χ2v) is 6.19. The molecule has 0 aliphatic carbocycles. The summed E-state index contributed by atoms with van der Waals surface area (Å²) in [6, 6.07) is 4.28. The van der Waals surface area contributed by atoms with Crippen molar-refractivity contribution in [2.75, 3.05) is 13.7 Å². The van der Waals surface area contributed by atoms with Crippen molar-refractivity contribution >= 4 is 11.0 Å². The van der Waals surface area contributed by atoms with Crippen molar-refractivity contribution in [2.24, 2.45) is 0 Å². The van der Waals surface area contributed by atoms with Gasteiger partial charge < -0.3 is 19.2 Å². The highest BCUT2D eigenvalue weighted by Gasteiger charge is 2.33. The van der Waals surface area contributed by atoms with Gasteiger partial charge in [0.15, 0.2) is 11.3 Å². The fourth-order valence-electron chi connectivity index (χ4n) is 2.98. The first-order chi connectivity index (χ1) is 10.1. The number of benzene rings is 1. The summed E-state index contributed by atoms with van der Waals surface area (Å²) in [6.45, 7) is 8.47. The first-order valence-corrected chi connectivity index (χ1v) is 7.50. The summed E-state index contributed by atoms with van der Waals surface area (Å²) in [5.74, 6) is 1.84. The fourth-order valence-corrected chi connectivity index (χ4v) is 2.98. The van der Waals surface area contributed by atoms with Crippen LogP contribution >= 0.6 is 0 Å². The monoisotopic (exact) mass is 289 g/mol. The number of rotatable bonds is 5. The molecule has 0 radical (unpaired) electrons. The Bertz CT molecular complexity index is 658. The highest BCUT2D eigenvalue weighted by Crippen LogP contribution is 2.43. The van der Waals surface area contributed by atoms with Gasteiger partial charge in [-0.3, -0.25) is 0 Å². The standard InChI is InChI=1S/C17H23NO3/c1-5-18-9-14-13(10-19-4)12-7-6-11-8-17(2,3)21-15(11)16(12)20-14/h6-7,18H,5,8-10H2,1-4H3.